The van der Waals surface area contributed by atoms with Crippen LogP contribution in [-0.2, 0) is 9.59 Å². The number of benzene rings is 1. The van der Waals surface area contributed by atoms with Crippen molar-refractivity contribution in [3.8, 4) is 0 Å². The summed E-state index contributed by atoms with van der Waals surface area (Å²) >= 11 is 3.39. The molecule has 1 fully saturated rings. The van der Waals surface area contributed by atoms with Gasteiger partial charge >= 0.3 is 5.97 Å². The second-order valence-electron chi connectivity index (χ2n) is 5.29. The SMILES string of the molecule is CC(C(=O)O)C(=O)NC(c1ccc(Br)cc1)C1CCC1. The number of carboxylic acids is 1. The summed E-state index contributed by atoms with van der Waals surface area (Å²) in [6, 6.07) is 7.73. The Balaban J connectivity index is 2.14. The monoisotopic (exact) mass is 339 g/mol. The molecule has 0 aromatic heterocycles. The lowest BCUT2D eigenvalue weighted by Gasteiger charge is -2.35. The molecule has 4 nitrogen and oxygen atoms in total. The van der Waals surface area contributed by atoms with Crippen LogP contribution < -0.4 is 5.32 Å². The van der Waals surface area contributed by atoms with Gasteiger partial charge in [0.2, 0.25) is 5.91 Å². The van der Waals surface area contributed by atoms with Crippen LogP contribution in [0, 0.1) is 11.8 Å². The van der Waals surface area contributed by atoms with Crippen molar-refractivity contribution >= 4 is 27.8 Å². The summed E-state index contributed by atoms with van der Waals surface area (Å²) in [5.74, 6) is -2.13. The number of aliphatic carboxylic acids is 1. The van der Waals surface area contributed by atoms with Gasteiger partial charge in [0.05, 0.1) is 6.04 Å². The maximum absolute atomic E-state index is 12.0. The first-order chi connectivity index (χ1) is 9.49. The van der Waals surface area contributed by atoms with Crippen LogP contribution >= 0.6 is 15.9 Å². The van der Waals surface area contributed by atoms with Gasteiger partial charge in [-0.1, -0.05) is 34.5 Å². The highest BCUT2D eigenvalue weighted by Crippen LogP contribution is 2.38. The number of halogens is 1. The number of hydrogen-bond acceptors (Lipinski definition) is 2. The smallest absolute Gasteiger partial charge is 0.315 e. The summed E-state index contributed by atoms with van der Waals surface area (Å²) in [7, 11) is 0. The molecule has 1 amide bonds. The standard InChI is InChI=1S/C15H18BrNO3/c1-9(15(19)20)14(18)17-13(10-3-2-4-10)11-5-7-12(16)8-6-11/h5-10,13H,2-4H2,1H3,(H,17,18)(H,19,20). The predicted molar refractivity (Wildman–Crippen MR) is 79.2 cm³/mol. The Morgan fingerprint density at radius 1 is 1.30 bits per heavy atom. The summed E-state index contributed by atoms with van der Waals surface area (Å²) in [5, 5.41) is 11.8. The summed E-state index contributed by atoms with van der Waals surface area (Å²) in [5.41, 5.74) is 1.03. The Kier molecular flexibility index (Phi) is 4.81. The van der Waals surface area contributed by atoms with E-state index >= 15 is 0 Å². The molecule has 0 radical (unpaired) electrons. The van der Waals surface area contributed by atoms with Gasteiger partial charge in [0.15, 0.2) is 0 Å². The molecule has 0 bridgehead atoms. The number of carboxylic acid groups (broad SMARTS) is 1. The minimum atomic E-state index is -1.09. The first-order valence-electron chi connectivity index (χ1n) is 6.77. The second kappa shape index (κ2) is 6.39. The molecule has 1 aromatic rings. The molecule has 2 rings (SSSR count). The Morgan fingerprint density at radius 2 is 1.90 bits per heavy atom. The lowest BCUT2D eigenvalue weighted by Crippen LogP contribution is -2.40. The number of carbonyl (C=O) groups is 2. The van der Waals surface area contributed by atoms with E-state index in [1.54, 1.807) is 0 Å². The molecule has 2 N–H and O–H groups in total. The number of rotatable bonds is 5. The largest absolute Gasteiger partial charge is 0.481 e. The van der Waals surface area contributed by atoms with E-state index in [1.165, 1.54) is 13.3 Å². The van der Waals surface area contributed by atoms with E-state index in [4.69, 9.17) is 5.11 Å². The van der Waals surface area contributed by atoms with Crippen LogP contribution in [0.3, 0.4) is 0 Å². The zero-order valence-electron chi connectivity index (χ0n) is 11.3. The highest BCUT2D eigenvalue weighted by atomic mass is 79.9. The van der Waals surface area contributed by atoms with Gasteiger partial charge in [-0.05, 0) is 43.4 Å². The first kappa shape index (κ1) is 15.0. The van der Waals surface area contributed by atoms with Crippen molar-refractivity contribution in [2.75, 3.05) is 0 Å². The Hall–Kier alpha value is -1.36. The van der Waals surface area contributed by atoms with Crippen LogP contribution in [0.15, 0.2) is 28.7 Å². The zero-order chi connectivity index (χ0) is 14.7. The van der Waals surface area contributed by atoms with E-state index in [-0.39, 0.29) is 6.04 Å². The Morgan fingerprint density at radius 3 is 2.35 bits per heavy atom. The van der Waals surface area contributed by atoms with Gasteiger partial charge in [0.25, 0.3) is 0 Å². The number of nitrogens with one attached hydrogen (secondary N) is 1. The quantitative estimate of drug-likeness (QED) is 0.810. The molecular formula is C15H18BrNO3. The molecule has 1 aliphatic carbocycles. The van der Waals surface area contributed by atoms with Gasteiger partial charge in [0, 0.05) is 4.47 Å². The van der Waals surface area contributed by atoms with E-state index in [2.05, 4.69) is 21.2 Å². The fraction of sp³-hybridized carbons (Fsp3) is 0.467. The third-order valence-corrected chi connectivity index (χ3v) is 4.44. The van der Waals surface area contributed by atoms with Gasteiger partial charge in [-0.2, -0.15) is 0 Å². The highest BCUT2D eigenvalue weighted by molar-refractivity contribution is 9.10. The molecule has 5 heteroatoms. The van der Waals surface area contributed by atoms with E-state index in [9.17, 15) is 9.59 Å². The molecule has 1 saturated carbocycles. The molecule has 0 spiro atoms. The molecule has 0 heterocycles. The van der Waals surface area contributed by atoms with E-state index < -0.39 is 17.8 Å². The molecular weight excluding hydrogens is 322 g/mol. The number of amides is 1. The Bertz CT molecular complexity index is 496. The van der Waals surface area contributed by atoms with Crippen molar-refractivity contribution < 1.29 is 14.7 Å². The summed E-state index contributed by atoms with van der Waals surface area (Å²) < 4.78 is 0.985. The normalized spacial score (nSPS) is 17.9. The third kappa shape index (κ3) is 3.39. The van der Waals surface area contributed by atoms with Crippen molar-refractivity contribution in [2.24, 2.45) is 11.8 Å². The average molecular weight is 340 g/mol. The van der Waals surface area contributed by atoms with Gasteiger partial charge in [-0.3, -0.25) is 9.59 Å². The molecule has 1 aromatic carbocycles. The summed E-state index contributed by atoms with van der Waals surface area (Å²) in [4.78, 5) is 22.9. The third-order valence-electron chi connectivity index (χ3n) is 3.91. The lowest BCUT2D eigenvalue weighted by atomic mass is 9.77. The molecule has 2 atom stereocenters. The molecule has 0 saturated heterocycles. The number of hydrogen-bond donors (Lipinski definition) is 2. The van der Waals surface area contributed by atoms with E-state index in [1.807, 2.05) is 24.3 Å². The predicted octanol–water partition coefficient (Wildman–Crippen LogP) is 3.13. The molecule has 20 heavy (non-hydrogen) atoms. The topological polar surface area (TPSA) is 66.4 Å². The molecule has 0 aliphatic heterocycles. The molecule has 1 aliphatic rings. The summed E-state index contributed by atoms with van der Waals surface area (Å²) in [6.45, 7) is 1.41. The Labute approximate surface area is 126 Å². The van der Waals surface area contributed by atoms with Crippen molar-refractivity contribution in [3.05, 3.63) is 34.3 Å². The van der Waals surface area contributed by atoms with E-state index in [0.717, 1.165) is 22.9 Å². The van der Waals surface area contributed by atoms with Gasteiger partial charge in [-0.25, -0.2) is 0 Å². The van der Waals surface area contributed by atoms with Crippen molar-refractivity contribution in [3.63, 3.8) is 0 Å². The van der Waals surface area contributed by atoms with E-state index in [0.29, 0.717) is 5.92 Å². The van der Waals surface area contributed by atoms with Crippen molar-refractivity contribution in [1.82, 2.24) is 5.32 Å². The van der Waals surface area contributed by atoms with Gasteiger partial charge < -0.3 is 10.4 Å². The van der Waals surface area contributed by atoms with Crippen LogP contribution in [0.5, 0.6) is 0 Å². The van der Waals surface area contributed by atoms with Crippen LogP contribution in [0.1, 0.15) is 37.8 Å². The van der Waals surface area contributed by atoms with Crippen LogP contribution in [0.2, 0.25) is 0 Å². The van der Waals surface area contributed by atoms with Crippen LogP contribution in [-0.4, -0.2) is 17.0 Å². The fourth-order valence-corrected chi connectivity index (χ4v) is 2.57. The number of carbonyl (C=O) groups excluding carboxylic acids is 1. The van der Waals surface area contributed by atoms with Gasteiger partial charge in [-0.15, -0.1) is 0 Å². The lowest BCUT2D eigenvalue weighted by molar-refractivity contribution is -0.146. The molecule has 108 valence electrons. The first-order valence-corrected chi connectivity index (χ1v) is 7.57. The average Bonchev–Trinajstić information content (AvgIpc) is 2.35. The maximum Gasteiger partial charge on any atom is 0.315 e. The molecule has 2 unspecified atom stereocenters. The second-order valence-corrected chi connectivity index (χ2v) is 6.20. The minimum absolute atomic E-state index is 0.0915. The van der Waals surface area contributed by atoms with Crippen LogP contribution in [0.4, 0.5) is 0 Å². The van der Waals surface area contributed by atoms with Crippen LogP contribution in [0.25, 0.3) is 0 Å². The minimum Gasteiger partial charge on any atom is -0.481 e. The van der Waals surface area contributed by atoms with Crippen molar-refractivity contribution in [1.29, 1.82) is 0 Å². The maximum atomic E-state index is 12.0. The van der Waals surface area contributed by atoms with Gasteiger partial charge in [0.1, 0.15) is 5.92 Å². The summed E-state index contributed by atoms with van der Waals surface area (Å²) in [6.07, 6.45) is 3.31. The highest BCUT2D eigenvalue weighted by Gasteiger charge is 2.32. The van der Waals surface area contributed by atoms with Crippen molar-refractivity contribution in [2.45, 2.75) is 32.2 Å². The fourth-order valence-electron chi connectivity index (χ4n) is 2.31. The zero-order valence-corrected chi connectivity index (χ0v) is 12.9.